The fraction of sp³-hybridized carbons (Fsp3) is 0.500. The van der Waals surface area contributed by atoms with Gasteiger partial charge in [0.15, 0.2) is 5.78 Å². The van der Waals surface area contributed by atoms with Crippen LogP contribution in [0.15, 0.2) is 24.3 Å². The number of para-hydroxylation sites is 1. The molecule has 0 radical (unpaired) electrons. The van der Waals surface area contributed by atoms with Crippen LogP contribution in [0.2, 0.25) is 0 Å². The van der Waals surface area contributed by atoms with E-state index >= 15 is 0 Å². The molecule has 0 spiro atoms. The first-order chi connectivity index (χ1) is 8.72. The van der Waals surface area contributed by atoms with Crippen molar-refractivity contribution >= 4 is 5.78 Å². The van der Waals surface area contributed by atoms with Crippen molar-refractivity contribution in [2.75, 3.05) is 33.4 Å². The Labute approximate surface area is 108 Å². The highest BCUT2D eigenvalue weighted by molar-refractivity contribution is 6.00. The summed E-state index contributed by atoms with van der Waals surface area (Å²) in [6.45, 7) is 3.77. The number of nitrogens with zero attached hydrogens (tertiary/aromatic N) is 1. The Balaban J connectivity index is 2.73. The fourth-order valence-corrected chi connectivity index (χ4v) is 1.89. The van der Waals surface area contributed by atoms with Gasteiger partial charge in [0.2, 0.25) is 0 Å². The van der Waals surface area contributed by atoms with Gasteiger partial charge >= 0.3 is 0 Å². The lowest BCUT2D eigenvalue weighted by Crippen LogP contribution is -2.33. The van der Waals surface area contributed by atoms with Gasteiger partial charge < -0.3 is 9.84 Å². The molecule has 0 amide bonds. The molecule has 0 bridgehead atoms. The molecule has 0 atom stereocenters. The molecule has 100 valence electrons. The summed E-state index contributed by atoms with van der Waals surface area (Å²) in [6.07, 6.45) is 0.958. The van der Waals surface area contributed by atoms with Gasteiger partial charge in [0.1, 0.15) is 5.75 Å². The average molecular weight is 251 g/mol. The lowest BCUT2D eigenvalue weighted by Gasteiger charge is -2.20. The Kier molecular flexibility index (Phi) is 6.39. The molecular formula is C14H21NO3. The quantitative estimate of drug-likeness (QED) is 0.713. The summed E-state index contributed by atoms with van der Waals surface area (Å²) >= 11 is 0. The van der Waals surface area contributed by atoms with E-state index in [-0.39, 0.29) is 12.4 Å². The zero-order chi connectivity index (χ0) is 13.4. The number of benzene rings is 1. The van der Waals surface area contributed by atoms with Crippen molar-refractivity contribution in [1.82, 2.24) is 4.90 Å². The highest BCUT2D eigenvalue weighted by atomic mass is 16.5. The predicted octanol–water partition coefficient (Wildman–Crippen LogP) is 1.58. The number of aliphatic hydroxyl groups is 1. The van der Waals surface area contributed by atoms with E-state index in [0.717, 1.165) is 13.0 Å². The highest BCUT2D eigenvalue weighted by Crippen LogP contribution is 2.18. The van der Waals surface area contributed by atoms with Gasteiger partial charge in [0.25, 0.3) is 0 Å². The van der Waals surface area contributed by atoms with Crippen molar-refractivity contribution in [2.45, 2.75) is 13.3 Å². The number of hydrogen-bond donors (Lipinski definition) is 1. The first kappa shape index (κ1) is 14.7. The molecule has 4 nitrogen and oxygen atoms in total. The monoisotopic (exact) mass is 251 g/mol. The molecular weight excluding hydrogens is 230 g/mol. The second-order valence-electron chi connectivity index (χ2n) is 4.12. The van der Waals surface area contributed by atoms with Gasteiger partial charge in [-0.25, -0.2) is 0 Å². The van der Waals surface area contributed by atoms with Crippen LogP contribution in [0, 0.1) is 0 Å². The van der Waals surface area contributed by atoms with Gasteiger partial charge in [-0.2, -0.15) is 0 Å². The fourth-order valence-electron chi connectivity index (χ4n) is 1.89. The second-order valence-corrected chi connectivity index (χ2v) is 4.12. The molecule has 0 fully saturated rings. The SMILES string of the molecule is CCCN(CCO)CC(=O)c1ccccc1OC. The van der Waals surface area contributed by atoms with Crippen LogP contribution < -0.4 is 4.74 Å². The van der Waals surface area contributed by atoms with E-state index in [2.05, 4.69) is 6.92 Å². The van der Waals surface area contributed by atoms with Crippen molar-refractivity contribution in [1.29, 1.82) is 0 Å². The summed E-state index contributed by atoms with van der Waals surface area (Å²) in [5, 5.41) is 8.97. The Hall–Kier alpha value is -1.39. The molecule has 0 aliphatic rings. The molecule has 4 heteroatoms. The van der Waals surface area contributed by atoms with Crippen LogP contribution in [-0.2, 0) is 0 Å². The molecule has 1 rings (SSSR count). The first-order valence-corrected chi connectivity index (χ1v) is 6.22. The number of carbonyl (C=O) groups excluding carboxylic acids is 1. The average Bonchev–Trinajstić information content (AvgIpc) is 2.39. The summed E-state index contributed by atoms with van der Waals surface area (Å²) in [6, 6.07) is 7.22. The maximum atomic E-state index is 12.2. The maximum Gasteiger partial charge on any atom is 0.180 e. The number of ether oxygens (including phenoxy) is 1. The molecule has 0 unspecified atom stereocenters. The lowest BCUT2D eigenvalue weighted by atomic mass is 10.1. The van der Waals surface area contributed by atoms with Gasteiger partial charge in [-0.15, -0.1) is 0 Å². The zero-order valence-corrected chi connectivity index (χ0v) is 11.1. The number of aliphatic hydroxyl groups excluding tert-OH is 1. The van der Waals surface area contributed by atoms with E-state index in [9.17, 15) is 4.79 Å². The Morgan fingerprint density at radius 1 is 1.33 bits per heavy atom. The molecule has 1 N–H and O–H groups in total. The molecule has 1 aromatic carbocycles. The molecule has 0 saturated heterocycles. The number of rotatable bonds is 8. The topological polar surface area (TPSA) is 49.8 Å². The number of ketones is 1. The second kappa shape index (κ2) is 7.84. The molecule has 0 saturated carbocycles. The van der Waals surface area contributed by atoms with E-state index in [1.807, 2.05) is 17.0 Å². The maximum absolute atomic E-state index is 12.2. The van der Waals surface area contributed by atoms with Crippen molar-refractivity contribution in [3.63, 3.8) is 0 Å². The molecule has 1 aromatic rings. The van der Waals surface area contributed by atoms with Crippen molar-refractivity contribution in [3.8, 4) is 5.75 Å². The number of hydrogen-bond acceptors (Lipinski definition) is 4. The van der Waals surface area contributed by atoms with Crippen LogP contribution >= 0.6 is 0 Å². The van der Waals surface area contributed by atoms with Crippen molar-refractivity contribution in [2.24, 2.45) is 0 Å². The Morgan fingerprint density at radius 3 is 2.67 bits per heavy atom. The lowest BCUT2D eigenvalue weighted by molar-refractivity contribution is 0.0912. The van der Waals surface area contributed by atoms with E-state index in [0.29, 0.717) is 24.4 Å². The summed E-state index contributed by atoms with van der Waals surface area (Å²) < 4.78 is 5.18. The number of carbonyl (C=O) groups is 1. The standard InChI is InChI=1S/C14H21NO3/c1-3-8-15(9-10-16)11-13(17)12-6-4-5-7-14(12)18-2/h4-7,16H,3,8-11H2,1-2H3. The van der Waals surface area contributed by atoms with Gasteiger partial charge in [-0.1, -0.05) is 19.1 Å². The smallest absolute Gasteiger partial charge is 0.180 e. The molecule has 0 aliphatic carbocycles. The van der Waals surface area contributed by atoms with Crippen LogP contribution in [0.1, 0.15) is 23.7 Å². The minimum absolute atomic E-state index is 0.0225. The minimum Gasteiger partial charge on any atom is -0.496 e. The number of Topliss-reactive ketones (excluding diaryl/α,β-unsaturated/α-hetero) is 1. The van der Waals surface area contributed by atoms with Crippen molar-refractivity contribution in [3.05, 3.63) is 29.8 Å². The number of methoxy groups -OCH3 is 1. The molecule has 18 heavy (non-hydrogen) atoms. The molecule has 0 aromatic heterocycles. The predicted molar refractivity (Wildman–Crippen MR) is 71.1 cm³/mol. The van der Waals surface area contributed by atoms with E-state index < -0.39 is 0 Å². The third-order valence-corrected chi connectivity index (χ3v) is 2.73. The van der Waals surface area contributed by atoms with E-state index in [1.165, 1.54) is 0 Å². The third-order valence-electron chi connectivity index (χ3n) is 2.73. The summed E-state index contributed by atoms with van der Waals surface area (Å²) in [5.74, 6) is 0.622. The van der Waals surface area contributed by atoms with Gasteiger partial charge in [-0.05, 0) is 25.1 Å². The Morgan fingerprint density at radius 2 is 2.06 bits per heavy atom. The normalized spacial score (nSPS) is 10.7. The third kappa shape index (κ3) is 4.13. The zero-order valence-electron chi connectivity index (χ0n) is 11.1. The summed E-state index contributed by atoms with van der Waals surface area (Å²) in [7, 11) is 1.56. The van der Waals surface area contributed by atoms with Crippen LogP contribution in [0.3, 0.4) is 0 Å². The molecule has 0 heterocycles. The first-order valence-electron chi connectivity index (χ1n) is 6.22. The van der Waals surface area contributed by atoms with Crippen molar-refractivity contribution < 1.29 is 14.6 Å². The van der Waals surface area contributed by atoms with E-state index in [4.69, 9.17) is 9.84 Å². The minimum atomic E-state index is 0.0225. The van der Waals surface area contributed by atoms with E-state index in [1.54, 1.807) is 19.2 Å². The Bertz CT molecular complexity index is 373. The molecule has 0 aliphatic heterocycles. The summed E-state index contributed by atoms with van der Waals surface area (Å²) in [4.78, 5) is 14.1. The van der Waals surface area contributed by atoms with Gasteiger partial charge in [0.05, 0.1) is 25.8 Å². The summed E-state index contributed by atoms with van der Waals surface area (Å²) in [5.41, 5.74) is 0.596. The highest BCUT2D eigenvalue weighted by Gasteiger charge is 2.15. The largest absolute Gasteiger partial charge is 0.496 e. The van der Waals surface area contributed by atoms with Crippen LogP contribution in [0.25, 0.3) is 0 Å². The van der Waals surface area contributed by atoms with Gasteiger partial charge in [-0.3, -0.25) is 9.69 Å². The van der Waals surface area contributed by atoms with Crippen LogP contribution in [-0.4, -0.2) is 49.1 Å². The van der Waals surface area contributed by atoms with Crippen LogP contribution in [0.5, 0.6) is 5.75 Å². The van der Waals surface area contributed by atoms with Crippen LogP contribution in [0.4, 0.5) is 0 Å². The van der Waals surface area contributed by atoms with Gasteiger partial charge in [0, 0.05) is 6.54 Å².